The van der Waals surface area contributed by atoms with E-state index in [1.807, 2.05) is 0 Å². The van der Waals surface area contributed by atoms with Gasteiger partial charge in [-0.1, -0.05) is 0 Å². The third-order valence-corrected chi connectivity index (χ3v) is 0.270. The van der Waals surface area contributed by atoms with Gasteiger partial charge in [0.15, 0.2) is 0 Å². The highest BCUT2D eigenvalue weighted by Crippen LogP contribution is 1.51. The number of hydrogen-bond donors (Lipinski definition) is 1. The van der Waals surface area contributed by atoms with Crippen molar-refractivity contribution in [3.63, 3.8) is 0 Å². The molecule has 0 saturated heterocycles. The minimum atomic E-state index is 0.569. The lowest BCUT2D eigenvalue weighted by molar-refractivity contribution is -0.362. The lowest BCUT2D eigenvalue weighted by Crippen LogP contribution is -2.51. The van der Waals surface area contributed by atoms with Gasteiger partial charge in [-0.2, -0.15) is 0 Å². The van der Waals surface area contributed by atoms with Gasteiger partial charge in [0, 0.05) is 0 Å². The first kappa shape index (κ1) is 4.45. The molecule has 0 heterocycles. The van der Waals surface area contributed by atoms with Crippen molar-refractivity contribution in [3.8, 4) is 0 Å². The monoisotopic (exact) mass is 71.1 g/mol. The van der Waals surface area contributed by atoms with E-state index in [0.29, 0.717) is 6.54 Å². The fourth-order valence-corrected chi connectivity index (χ4v) is 0.0791. The van der Waals surface area contributed by atoms with Gasteiger partial charge < -0.3 is 10.6 Å². The van der Waals surface area contributed by atoms with Gasteiger partial charge in [-0.05, 0) is 0 Å². The summed E-state index contributed by atoms with van der Waals surface area (Å²) in [6, 6.07) is 0. The van der Waals surface area contributed by atoms with Crippen molar-refractivity contribution in [3.05, 3.63) is 11.4 Å². The van der Waals surface area contributed by atoms with Crippen molar-refractivity contribution in [2.75, 3.05) is 13.1 Å². The van der Waals surface area contributed by atoms with Crippen LogP contribution < -0.4 is 5.73 Å². The van der Waals surface area contributed by atoms with Crippen molar-refractivity contribution in [2.45, 2.75) is 0 Å². The van der Waals surface area contributed by atoms with Gasteiger partial charge in [-0.25, -0.2) is 6.57 Å². The summed E-state index contributed by atoms with van der Waals surface area (Å²) >= 11 is 0. The molecule has 0 aromatic rings. The first-order valence-corrected chi connectivity index (χ1v) is 1.54. The van der Waals surface area contributed by atoms with E-state index in [4.69, 9.17) is 6.57 Å². The van der Waals surface area contributed by atoms with Crippen LogP contribution in [0.2, 0.25) is 0 Å². The van der Waals surface area contributed by atoms with E-state index in [9.17, 15) is 0 Å². The molecule has 0 aromatic carbocycles. The molecule has 0 rings (SSSR count). The highest BCUT2D eigenvalue weighted by Gasteiger charge is 1.72. The molecule has 0 aliphatic rings. The molecular weight excluding hydrogens is 64.0 g/mol. The van der Waals surface area contributed by atoms with Crippen LogP contribution in [0.5, 0.6) is 0 Å². The van der Waals surface area contributed by atoms with E-state index in [1.54, 1.807) is 0 Å². The lowest BCUT2D eigenvalue weighted by atomic mass is 10.7. The molecule has 0 aliphatic carbocycles. The summed E-state index contributed by atoms with van der Waals surface area (Å²) in [5, 5.41) is 0. The zero-order chi connectivity index (χ0) is 4.12. The maximum Gasteiger partial charge on any atom is 0.262 e. The molecule has 0 bridgehead atoms. The van der Waals surface area contributed by atoms with Gasteiger partial charge >= 0.3 is 0 Å². The summed E-state index contributed by atoms with van der Waals surface area (Å²) in [6.07, 6.45) is 0. The standard InChI is InChI=1S/C3H6N2/c1-5-3-2-4/h2-4H2/p+1. The molecule has 0 radical (unpaired) electrons. The SMILES string of the molecule is [C-]#[N+]CC[NH3+]. The Morgan fingerprint density at radius 1 is 1.80 bits per heavy atom. The van der Waals surface area contributed by atoms with Gasteiger partial charge in [-0.3, -0.25) is 0 Å². The van der Waals surface area contributed by atoms with Crippen LogP contribution in [0, 0.1) is 6.57 Å². The molecule has 3 N–H and O–H groups in total. The summed E-state index contributed by atoms with van der Waals surface area (Å²) in [5.41, 5.74) is 3.46. The quantitative estimate of drug-likeness (QED) is 0.390. The minimum Gasteiger partial charge on any atom is -0.351 e. The highest BCUT2D eigenvalue weighted by molar-refractivity contribution is 4.52. The molecule has 0 unspecified atom stereocenters. The third-order valence-electron chi connectivity index (χ3n) is 0.270. The number of nitrogens with zero attached hydrogens (tertiary/aromatic N) is 1. The number of rotatable bonds is 1. The smallest absolute Gasteiger partial charge is 0.262 e. The molecule has 0 aliphatic heterocycles. The Balaban J connectivity index is 2.48. The number of quaternary nitrogens is 1. The summed E-state index contributed by atoms with van der Waals surface area (Å²) in [5.74, 6) is 0. The minimum absolute atomic E-state index is 0.569. The van der Waals surface area contributed by atoms with Crippen LogP contribution in [0.1, 0.15) is 0 Å². The molecule has 0 amide bonds. The summed E-state index contributed by atoms with van der Waals surface area (Å²) in [6.45, 7) is 7.50. The Kier molecular flexibility index (Phi) is 3.07. The normalized spacial score (nSPS) is 6.40. The van der Waals surface area contributed by atoms with Crippen molar-refractivity contribution in [1.82, 2.24) is 0 Å². The average molecular weight is 71.1 g/mol. The van der Waals surface area contributed by atoms with Gasteiger partial charge in [0.1, 0.15) is 6.54 Å². The van der Waals surface area contributed by atoms with Gasteiger partial charge in [0.2, 0.25) is 0 Å². The van der Waals surface area contributed by atoms with Crippen LogP contribution in [-0.4, -0.2) is 13.1 Å². The van der Waals surface area contributed by atoms with Gasteiger partial charge in [-0.15, -0.1) is 0 Å². The Morgan fingerprint density at radius 2 is 2.40 bits per heavy atom. The summed E-state index contributed by atoms with van der Waals surface area (Å²) in [7, 11) is 0. The van der Waals surface area contributed by atoms with Crippen LogP contribution in [0.15, 0.2) is 0 Å². The second-order valence-electron chi connectivity index (χ2n) is 0.735. The van der Waals surface area contributed by atoms with Crippen LogP contribution in [-0.2, 0) is 0 Å². The maximum atomic E-state index is 6.19. The first-order chi connectivity index (χ1) is 2.41. The fraction of sp³-hybridized carbons (Fsp3) is 0.667. The van der Waals surface area contributed by atoms with Crippen LogP contribution in [0.25, 0.3) is 4.85 Å². The number of hydrogen-bond acceptors (Lipinski definition) is 0. The van der Waals surface area contributed by atoms with Crippen LogP contribution >= 0.6 is 0 Å². The van der Waals surface area contributed by atoms with Crippen LogP contribution in [0.4, 0.5) is 0 Å². The first-order valence-electron chi connectivity index (χ1n) is 1.54. The second-order valence-corrected chi connectivity index (χ2v) is 0.735. The molecule has 28 valence electrons. The molecule has 2 nitrogen and oxygen atoms in total. The molecule has 0 fully saturated rings. The Hall–Kier alpha value is -0.550. The fourth-order valence-electron chi connectivity index (χ4n) is 0.0791. The maximum absolute atomic E-state index is 6.19. The zero-order valence-corrected chi connectivity index (χ0v) is 3.07. The molecular formula is C3H7N2+. The molecule has 0 aromatic heterocycles. The van der Waals surface area contributed by atoms with E-state index < -0.39 is 0 Å². The van der Waals surface area contributed by atoms with Crippen LogP contribution in [0.3, 0.4) is 0 Å². The largest absolute Gasteiger partial charge is 0.351 e. The predicted octanol–water partition coefficient (Wildman–Crippen LogP) is -0.852. The molecule has 5 heavy (non-hydrogen) atoms. The van der Waals surface area contributed by atoms with E-state index in [0.717, 1.165) is 6.54 Å². The Morgan fingerprint density at radius 3 is 2.40 bits per heavy atom. The van der Waals surface area contributed by atoms with Crippen molar-refractivity contribution < 1.29 is 5.73 Å². The Labute approximate surface area is 31.4 Å². The predicted molar refractivity (Wildman–Crippen MR) is 19.2 cm³/mol. The van der Waals surface area contributed by atoms with Gasteiger partial charge in [0.05, 0.1) is 0 Å². The van der Waals surface area contributed by atoms with E-state index >= 15 is 0 Å². The Bertz CT molecular complexity index is 43.3. The van der Waals surface area contributed by atoms with E-state index in [-0.39, 0.29) is 0 Å². The highest BCUT2D eigenvalue weighted by atomic mass is 14.7. The summed E-state index contributed by atoms with van der Waals surface area (Å²) in [4.78, 5) is 3.04. The third kappa shape index (κ3) is 3.45. The lowest BCUT2D eigenvalue weighted by Gasteiger charge is -1.64. The van der Waals surface area contributed by atoms with E-state index in [1.165, 1.54) is 0 Å². The molecule has 0 atom stereocenters. The van der Waals surface area contributed by atoms with Crippen molar-refractivity contribution >= 4 is 0 Å². The topological polar surface area (TPSA) is 32.0 Å². The molecule has 2 heteroatoms. The van der Waals surface area contributed by atoms with E-state index in [2.05, 4.69) is 10.6 Å². The average Bonchev–Trinajstić information content (AvgIpc) is 1.41. The van der Waals surface area contributed by atoms with Crippen molar-refractivity contribution in [2.24, 2.45) is 0 Å². The zero-order valence-electron chi connectivity index (χ0n) is 3.07. The van der Waals surface area contributed by atoms with Crippen molar-refractivity contribution in [1.29, 1.82) is 0 Å². The summed E-state index contributed by atoms with van der Waals surface area (Å²) < 4.78 is 0. The second kappa shape index (κ2) is 3.45. The van der Waals surface area contributed by atoms with Gasteiger partial charge in [0.25, 0.3) is 6.54 Å². The molecule has 0 spiro atoms. The molecule has 0 saturated carbocycles.